The zero-order valence-corrected chi connectivity index (χ0v) is 12.1. The fourth-order valence-electron chi connectivity index (χ4n) is 2.69. The Bertz CT molecular complexity index is 533. The molecule has 2 rings (SSSR count). The summed E-state index contributed by atoms with van der Waals surface area (Å²) >= 11 is 5.88. The number of carbonyl (C=O) groups is 1. The minimum Gasteiger partial charge on any atom is -0.335 e. The minimum absolute atomic E-state index is 0.0860. The van der Waals surface area contributed by atoms with E-state index in [0.29, 0.717) is 11.6 Å². The van der Waals surface area contributed by atoms with E-state index in [4.69, 9.17) is 11.6 Å². The number of hydrogen-bond acceptors (Lipinski definition) is 3. The van der Waals surface area contributed by atoms with E-state index >= 15 is 0 Å². The van der Waals surface area contributed by atoms with Crippen LogP contribution >= 0.6 is 11.6 Å². The molecular weight excluding hydrogens is 280 g/mol. The minimum atomic E-state index is -0.533. The topological polar surface area (TPSA) is 63.5 Å². The molecule has 1 unspecified atom stereocenters. The van der Waals surface area contributed by atoms with Crippen molar-refractivity contribution in [3.05, 3.63) is 38.9 Å². The molecule has 1 saturated heterocycles. The molecule has 0 aromatic heterocycles. The highest BCUT2D eigenvalue weighted by molar-refractivity contribution is 6.31. The molecule has 108 valence electrons. The number of nitro benzene ring substituents is 1. The number of nitrogens with zero attached hydrogens (tertiary/aromatic N) is 2. The van der Waals surface area contributed by atoms with Gasteiger partial charge in [-0.3, -0.25) is 14.9 Å². The van der Waals surface area contributed by atoms with Crippen molar-refractivity contribution in [3.8, 4) is 0 Å². The summed E-state index contributed by atoms with van der Waals surface area (Å²) in [6.07, 6.45) is 3.85. The Balaban J connectivity index is 2.36. The number of amides is 1. The monoisotopic (exact) mass is 296 g/mol. The molecule has 1 aromatic rings. The van der Waals surface area contributed by atoms with Crippen LogP contribution in [0.4, 0.5) is 5.69 Å². The summed E-state index contributed by atoms with van der Waals surface area (Å²) in [6.45, 7) is 2.68. The molecule has 0 N–H and O–H groups in total. The number of halogens is 1. The summed E-state index contributed by atoms with van der Waals surface area (Å²) in [5, 5.41) is 11.4. The summed E-state index contributed by atoms with van der Waals surface area (Å²) in [7, 11) is 0. The molecule has 0 bridgehead atoms. The van der Waals surface area contributed by atoms with Gasteiger partial charge in [-0.15, -0.1) is 0 Å². The lowest BCUT2D eigenvalue weighted by atomic mass is 9.98. The fourth-order valence-corrected chi connectivity index (χ4v) is 2.86. The molecule has 1 aromatic carbocycles. The first-order valence-electron chi connectivity index (χ1n) is 6.79. The quantitative estimate of drug-likeness (QED) is 0.631. The average molecular weight is 297 g/mol. The van der Waals surface area contributed by atoms with Crippen LogP contribution in [0.25, 0.3) is 0 Å². The van der Waals surface area contributed by atoms with Crippen molar-refractivity contribution in [1.29, 1.82) is 0 Å². The molecule has 5 nitrogen and oxygen atoms in total. The molecule has 1 aliphatic heterocycles. The van der Waals surface area contributed by atoms with Gasteiger partial charge in [0.05, 0.1) is 4.92 Å². The molecule has 0 saturated carbocycles. The van der Waals surface area contributed by atoms with Crippen molar-refractivity contribution in [2.24, 2.45) is 0 Å². The predicted octanol–water partition coefficient (Wildman–Crippen LogP) is 3.65. The molecule has 0 spiro atoms. The number of carbonyl (C=O) groups excluding carboxylic acids is 1. The number of piperidine rings is 1. The second-order valence-electron chi connectivity index (χ2n) is 4.97. The largest absolute Gasteiger partial charge is 0.335 e. The average Bonchev–Trinajstić information content (AvgIpc) is 2.46. The first-order chi connectivity index (χ1) is 9.54. The third-order valence-electron chi connectivity index (χ3n) is 3.74. The number of benzene rings is 1. The van der Waals surface area contributed by atoms with Crippen LogP contribution < -0.4 is 0 Å². The molecule has 1 heterocycles. The van der Waals surface area contributed by atoms with Crippen molar-refractivity contribution in [2.75, 3.05) is 6.54 Å². The molecule has 1 fully saturated rings. The molecule has 0 radical (unpaired) electrons. The fraction of sp³-hybridized carbons (Fsp3) is 0.500. The molecule has 20 heavy (non-hydrogen) atoms. The lowest BCUT2D eigenvalue weighted by Gasteiger charge is -2.35. The van der Waals surface area contributed by atoms with Crippen molar-refractivity contribution < 1.29 is 9.72 Å². The first kappa shape index (κ1) is 14.8. The van der Waals surface area contributed by atoms with Gasteiger partial charge >= 0.3 is 0 Å². The molecule has 1 aliphatic rings. The molecule has 1 amide bonds. The highest BCUT2D eigenvalue weighted by Crippen LogP contribution is 2.28. The van der Waals surface area contributed by atoms with Crippen molar-refractivity contribution >= 4 is 23.2 Å². The van der Waals surface area contributed by atoms with E-state index in [1.165, 1.54) is 18.2 Å². The number of likely N-dealkylation sites (tertiary alicyclic amines) is 1. The number of nitro groups is 1. The van der Waals surface area contributed by atoms with E-state index in [9.17, 15) is 14.9 Å². The molecule has 6 heteroatoms. The van der Waals surface area contributed by atoms with E-state index in [0.717, 1.165) is 25.7 Å². The van der Waals surface area contributed by atoms with Crippen molar-refractivity contribution in [3.63, 3.8) is 0 Å². The van der Waals surface area contributed by atoms with Gasteiger partial charge in [-0.2, -0.15) is 0 Å². The predicted molar refractivity (Wildman–Crippen MR) is 77.1 cm³/mol. The van der Waals surface area contributed by atoms with Gasteiger partial charge in [0.15, 0.2) is 0 Å². The second kappa shape index (κ2) is 6.22. The van der Waals surface area contributed by atoms with Crippen molar-refractivity contribution in [2.45, 2.75) is 38.6 Å². The smallest absolute Gasteiger partial charge is 0.282 e. The second-order valence-corrected chi connectivity index (χ2v) is 5.41. The SMILES string of the molecule is CCC1CCCCN1C(=O)c1cc(Cl)ccc1[N+](=O)[O-]. The Morgan fingerprint density at radius 3 is 2.90 bits per heavy atom. The van der Waals surface area contributed by atoms with Crippen LogP contribution in [0.1, 0.15) is 43.0 Å². The molecule has 1 atom stereocenters. The summed E-state index contributed by atoms with van der Waals surface area (Å²) in [6, 6.07) is 4.28. The number of hydrogen-bond donors (Lipinski definition) is 0. The summed E-state index contributed by atoms with van der Waals surface area (Å²) in [5.74, 6) is -0.286. The van der Waals surface area contributed by atoms with E-state index in [-0.39, 0.29) is 23.2 Å². The zero-order valence-electron chi connectivity index (χ0n) is 11.3. The van der Waals surface area contributed by atoms with Gasteiger partial charge in [-0.05, 0) is 37.8 Å². The standard InChI is InChI=1S/C14H17ClN2O3/c1-2-11-5-3-4-8-16(11)14(18)12-9-10(15)6-7-13(12)17(19)20/h6-7,9,11H,2-5,8H2,1H3. The van der Waals surface area contributed by atoms with Crippen LogP contribution in [-0.4, -0.2) is 28.3 Å². The highest BCUT2D eigenvalue weighted by atomic mass is 35.5. The van der Waals surface area contributed by atoms with Crippen LogP contribution in [0.2, 0.25) is 5.02 Å². The van der Waals surface area contributed by atoms with Gasteiger partial charge < -0.3 is 4.90 Å². The van der Waals surface area contributed by atoms with Gasteiger partial charge in [0.25, 0.3) is 11.6 Å². The molecule has 0 aliphatic carbocycles. The van der Waals surface area contributed by atoms with Crippen LogP contribution in [0.5, 0.6) is 0 Å². The van der Waals surface area contributed by atoms with Gasteiger partial charge in [-0.1, -0.05) is 18.5 Å². The Labute approximate surface area is 122 Å². The Kier molecular flexibility index (Phi) is 4.60. The van der Waals surface area contributed by atoms with Crippen LogP contribution in [0, 0.1) is 10.1 Å². The Morgan fingerprint density at radius 2 is 2.25 bits per heavy atom. The normalized spacial score (nSPS) is 18.9. The van der Waals surface area contributed by atoms with Crippen LogP contribution in [0.3, 0.4) is 0 Å². The van der Waals surface area contributed by atoms with Crippen molar-refractivity contribution in [1.82, 2.24) is 4.90 Å². The maximum Gasteiger partial charge on any atom is 0.282 e. The van der Waals surface area contributed by atoms with E-state index in [2.05, 4.69) is 0 Å². The van der Waals surface area contributed by atoms with E-state index in [1.807, 2.05) is 6.92 Å². The van der Waals surface area contributed by atoms with E-state index < -0.39 is 4.92 Å². The third kappa shape index (κ3) is 2.93. The van der Waals surface area contributed by atoms with Gasteiger partial charge in [-0.25, -0.2) is 0 Å². The zero-order chi connectivity index (χ0) is 14.7. The summed E-state index contributed by atoms with van der Waals surface area (Å²) < 4.78 is 0. The molecular formula is C14H17ClN2O3. The van der Waals surface area contributed by atoms with E-state index in [1.54, 1.807) is 4.90 Å². The van der Waals surface area contributed by atoms with Crippen LogP contribution in [-0.2, 0) is 0 Å². The van der Waals surface area contributed by atoms with Gasteiger partial charge in [0.1, 0.15) is 5.56 Å². The lowest BCUT2D eigenvalue weighted by molar-refractivity contribution is -0.385. The van der Waals surface area contributed by atoms with Gasteiger partial charge in [0, 0.05) is 23.7 Å². The highest BCUT2D eigenvalue weighted by Gasteiger charge is 2.30. The summed E-state index contributed by atoms with van der Waals surface area (Å²) in [4.78, 5) is 24.9. The Morgan fingerprint density at radius 1 is 1.50 bits per heavy atom. The number of rotatable bonds is 3. The lowest BCUT2D eigenvalue weighted by Crippen LogP contribution is -2.43. The Hall–Kier alpha value is -1.62. The maximum atomic E-state index is 12.6. The third-order valence-corrected chi connectivity index (χ3v) is 3.98. The maximum absolute atomic E-state index is 12.6. The van der Waals surface area contributed by atoms with Gasteiger partial charge in [0.2, 0.25) is 0 Å². The van der Waals surface area contributed by atoms with Crippen LogP contribution in [0.15, 0.2) is 18.2 Å². The summed E-state index contributed by atoms with van der Waals surface area (Å²) in [5.41, 5.74) is -0.0947. The first-order valence-corrected chi connectivity index (χ1v) is 7.17.